The summed E-state index contributed by atoms with van der Waals surface area (Å²) in [5, 5.41) is 14.1. The molecule has 0 atom stereocenters. The highest BCUT2D eigenvalue weighted by molar-refractivity contribution is 7.71. The van der Waals surface area contributed by atoms with E-state index in [1.807, 2.05) is 11.6 Å². The topological polar surface area (TPSA) is 46.2 Å². The minimum atomic E-state index is -0.267. The van der Waals surface area contributed by atoms with Crippen molar-refractivity contribution in [1.29, 1.82) is 0 Å². The zero-order valence-electron chi connectivity index (χ0n) is 12.4. The summed E-state index contributed by atoms with van der Waals surface area (Å²) in [7, 11) is 1.87. The fraction of sp³-hybridized carbons (Fsp3) is 0.467. The van der Waals surface area contributed by atoms with Gasteiger partial charge in [0.1, 0.15) is 5.82 Å². The van der Waals surface area contributed by atoms with Gasteiger partial charge in [0.2, 0.25) is 0 Å². The highest BCUT2D eigenvalue weighted by atomic mass is 32.1. The van der Waals surface area contributed by atoms with Crippen LogP contribution >= 0.6 is 12.2 Å². The summed E-state index contributed by atoms with van der Waals surface area (Å²) in [5.74, 6) is 0.457. The molecule has 7 heteroatoms. The van der Waals surface area contributed by atoms with Gasteiger partial charge in [-0.3, -0.25) is 4.90 Å². The molecule has 5 nitrogen and oxygen atoms in total. The van der Waals surface area contributed by atoms with E-state index in [-0.39, 0.29) is 11.9 Å². The van der Waals surface area contributed by atoms with Gasteiger partial charge in [-0.15, -0.1) is 0 Å². The van der Waals surface area contributed by atoms with E-state index in [4.69, 9.17) is 12.2 Å². The van der Waals surface area contributed by atoms with Gasteiger partial charge < -0.3 is 9.67 Å². The molecule has 22 heavy (non-hydrogen) atoms. The predicted octanol–water partition coefficient (Wildman–Crippen LogP) is 2.17. The molecule has 2 aromatic rings. The third-order valence-corrected chi connectivity index (χ3v) is 4.52. The van der Waals surface area contributed by atoms with Crippen molar-refractivity contribution in [2.45, 2.75) is 25.6 Å². The molecule has 1 aliphatic heterocycles. The second-order valence-electron chi connectivity index (χ2n) is 5.66. The van der Waals surface area contributed by atoms with Gasteiger partial charge in [0.15, 0.2) is 10.6 Å². The second kappa shape index (κ2) is 6.28. The number of aliphatic hydroxyl groups excluding tert-OH is 1. The number of likely N-dealkylation sites (tertiary alicyclic amines) is 1. The minimum Gasteiger partial charge on any atom is -0.393 e. The van der Waals surface area contributed by atoms with Crippen molar-refractivity contribution in [2.75, 3.05) is 13.1 Å². The third kappa shape index (κ3) is 3.11. The van der Waals surface area contributed by atoms with Crippen molar-refractivity contribution in [3.8, 4) is 11.4 Å². The van der Waals surface area contributed by atoms with Gasteiger partial charge in [0.05, 0.1) is 12.8 Å². The van der Waals surface area contributed by atoms with E-state index >= 15 is 0 Å². The van der Waals surface area contributed by atoms with E-state index in [1.54, 1.807) is 16.8 Å². The van der Waals surface area contributed by atoms with Crippen LogP contribution in [0, 0.1) is 10.6 Å². The SMILES string of the molecule is Cn1c(-c2ccc(F)cc2)nn(CN2CCC(O)CC2)c1=S. The Morgan fingerprint density at radius 3 is 2.55 bits per heavy atom. The predicted molar refractivity (Wildman–Crippen MR) is 84.2 cm³/mol. The third-order valence-electron chi connectivity index (χ3n) is 4.03. The Balaban J connectivity index is 1.83. The number of aliphatic hydroxyl groups is 1. The van der Waals surface area contributed by atoms with Gasteiger partial charge in [-0.2, -0.15) is 5.10 Å². The maximum absolute atomic E-state index is 13.0. The van der Waals surface area contributed by atoms with E-state index in [9.17, 15) is 9.50 Å². The van der Waals surface area contributed by atoms with E-state index < -0.39 is 0 Å². The van der Waals surface area contributed by atoms with E-state index in [1.165, 1.54) is 12.1 Å². The molecule has 1 saturated heterocycles. The standard InChI is InChI=1S/C15H19FN4OS/c1-18-14(11-2-4-12(16)5-3-11)17-20(15(18)22)10-19-8-6-13(21)7-9-19/h2-5,13,21H,6-10H2,1H3. The lowest BCUT2D eigenvalue weighted by molar-refractivity contribution is 0.0650. The van der Waals surface area contributed by atoms with Crippen molar-refractivity contribution in [3.63, 3.8) is 0 Å². The monoisotopic (exact) mass is 322 g/mol. The molecule has 0 amide bonds. The van der Waals surface area contributed by atoms with Crippen molar-refractivity contribution >= 4 is 12.2 Å². The molecule has 1 fully saturated rings. The maximum atomic E-state index is 13.0. The van der Waals surface area contributed by atoms with Crippen LogP contribution in [0.25, 0.3) is 11.4 Å². The average Bonchev–Trinajstić information content (AvgIpc) is 2.79. The number of aromatic nitrogens is 3. The molecule has 1 aromatic carbocycles. The molecule has 0 bridgehead atoms. The second-order valence-corrected chi connectivity index (χ2v) is 6.03. The highest BCUT2D eigenvalue weighted by Gasteiger charge is 2.18. The summed E-state index contributed by atoms with van der Waals surface area (Å²) >= 11 is 5.44. The quantitative estimate of drug-likeness (QED) is 0.880. The summed E-state index contributed by atoms with van der Waals surface area (Å²) in [6, 6.07) is 6.24. The van der Waals surface area contributed by atoms with Crippen molar-refractivity contribution in [2.24, 2.45) is 7.05 Å². The van der Waals surface area contributed by atoms with Crippen LogP contribution < -0.4 is 0 Å². The van der Waals surface area contributed by atoms with Crippen LogP contribution in [0.1, 0.15) is 12.8 Å². The van der Waals surface area contributed by atoms with Gasteiger partial charge >= 0.3 is 0 Å². The van der Waals surface area contributed by atoms with Gasteiger partial charge in [-0.05, 0) is 49.3 Å². The van der Waals surface area contributed by atoms with Crippen LogP contribution in [-0.4, -0.2) is 43.5 Å². The van der Waals surface area contributed by atoms with Gasteiger partial charge in [0, 0.05) is 25.7 Å². The Hall–Kier alpha value is -1.57. The number of benzene rings is 1. The molecule has 1 aromatic heterocycles. The maximum Gasteiger partial charge on any atom is 0.199 e. The zero-order chi connectivity index (χ0) is 15.7. The number of piperidine rings is 1. The first-order valence-corrected chi connectivity index (χ1v) is 7.75. The minimum absolute atomic E-state index is 0.192. The smallest absolute Gasteiger partial charge is 0.199 e. The molecule has 0 radical (unpaired) electrons. The molecule has 2 heterocycles. The van der Waals surface area contributed by atoms with Crippen LogP contribution in [0.2, 0.25) is 0 Å². The normalized spacial score (nSPS) is 17.0. The lowest BCUT2D eigenvalue weighted by Gasteiger charge is -2.28. The molecular weight excluding hydrogens is 303 g/mol. The molecule has 0 aliphatic carbocycles. The first kappa shape index (κ1) is 15.3. The van der Waals surface area contributed by atoms with Gasteiger partial charge in [-0.1, -0.05) is 0 Å². The number of rotatable bonds is 3. The molecule has 0 saturated carbocycles. The first-order chi connectivity index (χ1) is 10.5. The highest BCUT2D eigenvalue weighted by Crippen LogP contribution is 2.18. The largest absolute Gasteiger partial charge is 0.393 e. The summed E-state index contributed by atoms with van der Waals surface area (Å²) < 4.78 is 17.3. The summed E-state index contributed by atoms with van der Waals surface area (Å²) in [6.45, 7) is 2.29. The van der Waals surface area contributed by atoms with E-state index in [0.29, 0.717) is 11.4 Å². The van der Waals surface area contributed by atoms with Crippen LogP contribution in [0.4, 0.5) is 4.39 Å². The Morgan fingerprint density at radius 1 is 1.27 bits per heavy atom. The molecule has 3 rings (SSSR count). The van der Waals surface area contributed by atoms with Crippen molar-refractivity contribution < 1.29 is 9.50 Å². The number of halogens is 1. The molecule has 1 N–H and O–H groups in total. The summed E-state index contributed by atoms with van der Waals surface area (Å²) in [6.07, 6.45) is 1.37. The molecular formula is C15H19FN4OS. The molecule has 0 unspecified atom stereocenters. The lowest BCUT2D eigenvalue weighted by atomic mass is 10.1. The Bertz CT molecular complexity index is 701. The zero-order valence-corrected chi connectivity index (χ0v) is 13.3. The Kier molecular flexibility index (Phi) is 4.37. The van der Waals surface area contributed by atoms with Crippen molar-refractivity contribution in [3.05, 3.63) is 34.9 Å². The molecule has 1 aliphatic rings. The van der Waals surface area contributed by atoms with E-state index in [2.05, 4.69) is 10.00 Å². The Labute approximate surface area is 133 Å². The lowest BCUT2D eigenvalue weighted by Crippen LogP contribution is -2.37. The fourth-order valence-electron chi connectivity index (χ4n) is 2.68. The van der Waals surface area contributed by atoms with Crippen molar-refractivity contribution in [1.82, 2.24) is 19.2 Å². The summed E-state index contributed by atoms with van der Waals surface area (Å²) in [4.78, 5) is 2.23. The number of hydrogen-bond acceptors (Lipinski definition) is 4. The molecule has 118 valence electrons. The summed E-state index contributed by atoms with van der Waals surface area (Å²) in [5.41, 5.74) is 0.836. The Morgan fingerprint density at radius 2 is 1.91 bits per heavy atom. The van der Waals surface area contributed by atoms with Crippen LogP contribution in [-0.2, 0) is 13.7 Å². The van der Waals surface area contributed by atoms with Gasteiger partial charge in [0.25, 0.3) is 0 Å². The first-order valence-electron chi connectivity index (χ1n) is 7.35. The van der Waals surface area contributed by atoms with Gasteiger partial charge in [-0.25, -0.2) is 9.07 Å². The number of nitrogens with zero attached hydrogens (tertiary/aromatic N) is 4. The molecule has 0 spiro atoms. The van der Waals surface area contributed by atoms with Crippen LogP contribution in [0.3, 0.4) is 0 Å². The fourth-order valence-corrected chi connectivity index (χ4v) is 2.87. The number of hydrogen-bond donors (Lipinski definition) is 1. The average molecular weight is 322 g/mol. The van der Waals surface area contributed by atoms with Crippen LogP contribution in [0.5, 0.6) is 0 Å². The van der Waals surface area contributed by atoms with E-state index in [0.717, 1.165) is 37.3 Å². The van der Waals surface area contributed by atoms with Crippen LogP contribution in [0.15, 0.2) is 24.3 Å².